The van der Waals surface area contributed by atoms with E-state index >= 15 is 0 Å². The van der Waals surface area contributed by atoms with Crippen LogP contribution in [0.5, 0.6) is 5.75 Å². The molecule has 2 fully saturated rings. The number of nitrogens with one attached hydrogen (secondary N) is 1. The van der Waals surface area contributed by atoms with Crippen molar-refractivity contribution in [2.24, 2.45) is 0 Å². The Hall–Kier alpha value is -1.10. The molecule has 2 aliphatic rings. The minimum absolute atomic E-state index is 0.0121. The summed E-state index contributed by atoms with van der Waals surface area (Å²) in [5, 5.41) is 3.40. The summed E-state index contributed by atoms with van der Waals surface area (Å²) in [6, 6.07) is 8.36. The smallest absolute Gasteiger partial charge is 0.119 e. The third-order valence-electron chi connectivity index (χ3n) is 4.00. The fraction of sp³-hybridized carbons (Fsp3) is 0.600. The van der Waals surface area contributed by atoms with Crippen molar-refractivity contribution in [3.63, 3.8) is 0 Å². The fourth-order valence-electron chi connectivity index (χ4n) is 2.83. The monoisotopic (exact) mass is 263 g/mol. The predicted octanol–water partition coefficient (Wildman–Crippen LogP) is 1.34. The van der Waals surface area contributed by atoms with E-state index in [-0.39, 0.29) is 11.5 Å². The van der Waals surface area contributed by atoms with Crippen molar-refractivity contribution >= 4 is 0 Å². The van der Waals surface area contributed by atoms with Crippen LogP contribution in [0.4, 0.5) is 0 Å². The summed E-state index contributed by atoms with van der Waals surface area (Å²) < 4.78 is 16.9. The van der Waals surface area contributed by atoms with E-state index in [1.54, 1.807) is 0 Å². The molecule has 4 nitrogen and oxygen atoms in total. The van der Waals surface area contributed by atoms with E-state index in [9.17, 15) is 0 Å². The van der Waals surface area contributed by atoms with Crippen LogP contribution in [-0.2, 0) is 14.9 Å². The molecule has 0 aromatic heterocycles. The number of morpholine rings is 1. The average Bonchev–Trinajstić information content (AvgIpc) is 2.41. The van der Waals surface area contributed by atoms with Crippen molar-refractivity contribution in [3.05, 3.63) is 29.8 Å². The van der Waals surface area contributed by atoms with Gasteiger partial charge >= 0.3 is 0 Å². The Kier molecular flexibility index (Phi) is 3.73. The summed E-state index contributed by atoms with van der Waals surface area (Å²) in [5.74, 6) is 0.921. The van der Waals surface area contributed by atoms with Gasteiger partial charge in [0.15, 0.2) is 0 Å². The largest absolute Gasteiger partial charge is 0.494 e. The number of rotatable bonds is 4. The van der Waals surface area contributed by atoms with Gasteiger partial charge in [-0.3, -0.25) is 0 Å². The highest BCUT2D eigenvalue weighted by molar-refractivity contribution is 5.35. The predicted molar refractivity (Wildman–Crippen MR) is 72.7 cm³/mol. The Morgan fingerprint density at radius 1 is 1.32 bits per heavy atom. The lowest BCUT2D eigenvalue weighted by molar-refractivity contribution is -0.146. The van der Waals surface area contributed by atoms with E-state index in [0.29, 0.717) is 6.61 Å². The molecule has 19 heavy (non-hydrogen) atoms. The van der Waals surface area contributed by atoms with E-state index in [1.807, 2.05) is 19.1 Å². The molecule has 104 valence electrons. The van der Waals surface area contributed by atoms with Gasteiger partial charge in [-0.05, 0) is 24.6 Å². The van der Waals surface area contributed by atoms with Crippen LogP contribution < -0.4 is 10.1 Å². The molecule has 2 heterocycles. The molecule has 0 spiro atoms. The molecule has 1 atom stereocenters. The Labute approximate surface area is 114 Å². The zero-order chi connectivity index (χ0) is 13.1. The van der Waals surface area contributed by atoms with Crippen molar-refractivity contribution in [1.29, 1.82) is 0 Å². The van der Waals surface area contributed by atoms with E-state index < -0.39 is 0 Å². The topological polar surface area (TPSA) is 39.7 Å². The first-order chi connectivity index (χ1) is 9.35. The summed E-state index contributed by atoms with van der Waals surface area (Å²) >= 11 is 0. The first-order valence-electron chi connectivity index (χ1n) is 6.98. The maximum atomic E-state index is 5.94. The molecule has 2 saturated heterocycles. The van der Waals surface area contributed by atoms with E-state index in [4.69, 9.17) is 14.2 Å². The molecule has 0 saturated carbocycles. The van der Waals surface area contributed by atoms with Crippen LogP contribution in [0.25, 0.3) is 0 Å². The minimum Gasteiger partial charge on any atom is -0.494 e. The zero-order valence-electron chi connectivity index (χ0n) is 11.4. The van der Waals surface area contributed by atoms with Crippen LogP contribution in [0, 0.1) is 0 Å². The van der Waals surface area contributed by atoms with Gasteiger partial charge in [-0.15, -0.1) is 0 Å². The van der Waals surface area contributed by atoms with E-state index in [0.717, 1.165) is 38.7 Å². The number of ether oxygens (including phenoxy) is 3. The molecule has 0 aliphatic carbocycles. The summed E-state index contributed by atoms with van der Waals surface area (Å²) in [7, 11) is 0. The molecule has 1 unspecified atom stereocenters. The highest BCUT2D eigenvalue weighted by atomic mass is 16.5. The molecule has 1 N–H and O–H groups in total. The van der Waals surface area contributed by atoms with Crippen LogP contribution in [0.15, 0.2) is 24.3 Å². The molecule has 2 aliphatic heterocycles. The van der Waals surface area contributed by atoms with E-state index in [2.05, 4.69) is 17.4 Å². The van der Waals surface area contributed by atoms with Crippen molar-refractivity contribution in [2.45, 2.75) is 18.4 Å². The second-order valence-electron chi connectivity index (χ2n) is 5.17. The maximum Gasteiger partial charge on any atom is 0.119 e. The summed E-state index contributed by atoms with van der Waals surface area (Å²) in [6.45, 7) is 6.80. The van der Waals surface area contributed by atoms with Crippen molar-refractivity contribution in [1.82, 2.24) is 5.32 Å². The second kappa shape index (κ2) is 5.49. The van der Waals surface area contributed by atoms with Gasteiger partial charge in [-0.1, -0.05) is 12.1 Å². The Morgan fingerprint density at radius 3 is 2.63 bits per heavy atom. The summed E-state index contributed by atoms with van der Waals surface area (Å²) in [5.41, 5.74) is 1.30. The molecule has 0 bridgehead atoms. The van der Waals surface area contributed by atoms with Crippen molar-refractivity contribution < 1.29 is 14.2 Å². The summed E-state index contributed by atoms with van der Waals surface area (Å²) in [4.78, 5) is 0. The van der Waals surface area contributed by atoms with Gasteiger partial charge in [0, 0.05) is 13.1 Å². The standard InChI is InChI=1S/C15H21NO3/c1-2-18-13-5-3-12(4-6-13)15(10-17-11-15)14-9-16-7-8-19-14/h3-6,14,16H,2,7-11H2,1H3. The van der Waals surface area contributed by atoms with Crippen LogP contribution in [0.1, 0.15) is 12.5 Å². The highest BCUT2D eigenvalue weighted by Gasteiger charge is 2.48. The SMILES string of the molecule is CCOc1ccc(C2(C3CNCCO3)COC2)cc1. The average molecular weight is 263 g/mol. The first kappa shape index (κ1) is 12.9. The van der Waals surface area contributed by atoms with Gasteiger partial charge in [0.25, 0.3) is 0 Å². The normalized spacial score (nSPS) is 25.6. The summed E-state index contributed by atoms with van der Waals surface area (Å²) in [6.07, 6.45) is 0.202. The van der Waals surface area contributed by atoms with Gasteiger partial charge in [-0.2, -0.15) is 0 Å². The Bertz CT molecular complexity index is 408. The van der Waals surface area contributed by atoms with Crippen LogP contribution in [0.3, 0.4) is 0 Å². The number of hydrogen-bond acceptors (Lipinski definition) is 4. The lowest BCUT2D eigenvalue weighted by Crippen LogP contribution is -2.61. The van der Waals surface area contributed by atoms with Crippen molar-refractivity contribution in [3.8, 4) is 5.75 Å². The number of benzene rings is 1. The first-order valence-corrected chi connectivity index (χ1v) is 6.98. The van der Waals surface area contributed by atoms with E-state index in [1.165, 1.54) is 5.56 Å². The molecule has 3 rings (SSSR count). The molecule has 0 radical (unpaired) electrons. The Morgan fingerprint density at radius 2 is 2.11 bits per heavy atom. The molecule has 0 amide bonds. The second-order valence-corrected chi connectivity index (χ2v) is 5.17. The third-order valence-corrected chi connectivity index (χ3v) is 4.00. The van der Waals surface area contributed by atoms with Gasteiger partial charge < -0.3 is 19.5 Å². The zero-order valence-corrected chi connectivity index (χ0v) is 11.4. The Balaban J connectivity index is 1.80. The van der Waals surface area contributed by atoms with Gasteiger partial charge in [-0.25, -0.2) is 0 Å². The van der Waals surface area contributed by atoms with Crippen LogP contribution in [-0.4, -0.2) is 45.6 Å². The maximum absolute atomic E-state index is 5.94. The quantitative estimate of drug-likeness (QED) is 0.890. The highest BCUT2D eigenvalue weighted by Crippen LogP contribution is 2.38. The van der Waals surface area contributed by atoms with Crippen LogP contribution >= 0.6 is 0 Å². The third kappa shape index (κ3) is 2.36. The molecular formula is C15H21NO3. The van der Waals surface area contributed by atoms with Gasteiger partial charge in [0.05, 0.1) is 37.9 Å². The molecule has 1 aromatic carbocycles. The van der Waals surface area contributed by atoms with Crippen molar-refractivity contribution in [2.75, 3.05) is 39.5 Å². The van der Waals surface area contributed by atoms with Gasteiger partial charge in [0.1, 0.15) is 5.75 Å². The minimum atomic E-state index is 0.0121. The molecule has 1 aromatic rings. The van der Waals surface area contributed by atoms with Gasteiger partial charge in [0.2, 0.25) is 0 Å². The van der Waals surface area contributed by atoms with Crippen LogP contribution in [0.2, 0.25) is 0 Å². The lowest BCUT2D eigenvalue weighted by Gasteiger charge is -2.48. The fourth-order valence-corrected chi connectivity index (χ4v) is 2.83. The molecular weight excluding hydrogens is 242 g/mol. The number of hydrogen-bond donors (Lipinski definition) is 1. The lowest BCUT2D eigenvalue weighted by atomic mass is 9.73. The molecule has 4 heteroatoms.